The van der Waals surface area contributed by atoms with Crippen molar-refractivity contribution in [2.45, 2.75) is 17.7 Å². The molecule has 0 bridgehead atoms. The zero-order valence-corrected chi connectivity index (χ0v) is 12.0. The molecule has 1 aliphatic rings. The molecule has 0 aromatic heterocycles. The quantitative estimate of drug-likeness (QED) is 0.592. The van der Waals surface area contributed by atoms with Gasteiger partial charge < -0.3 is 10.1 Å². The number of methoxy groups -OCH3 is 1. The number of ether oxygens (including phenoxy) is 1. The van der Waals surface area contributed by atoms with Crippen LogP contribution in [0.2, 0.25) is 0 Å². The monoisotopic (exact) mass is 300 g/mol. The van der Waals surface area contributed by atoms with E-state index >= 15 is 0 Å². The van der Waals surface area contributed by atoms with Gasteiger partial charge in [-0.3, -0.25) is 9.63 Å². The highest BCUT2D eigenvalue weighted by Crippen LogP contribution is 2.33. The first-order chi connectivity index (χ1) is 9.45. The summed E-state index contributed by atoms with van der Waals surface area (Å²) in [5.41, 5.74) is 1.30. The maximum absolute atomic E-state index is 12.0. The highest BCUT2D eigenvalue weighted by Gasteiger charge is 2.28. The molecule has 8 heteroatoms. The molecule has 1 aromatic rings. The van der Waals surface area contributed by atoms with Gasteiger partial charge in [0, 0.05) is 12.8 Å². The van der Waals surface area contributed by atoms with E-state index in [9.17, 15) is 13.2 Å². The van der Waals surface area contributed by atoms with Gasteiger partial charge in [0.2, 0.25) is 5.91 Å². The minimum atomic E-state index is -3.77. The Morgan fingerprint density at radius 3 is 2.80 bits per heavy atom. The van der Waals surface area contributed by atoms with E-state index in [0.717, 1.165) is 0 Å². The van der Waals surface area contributed by atoms with Crippen LogP contribution in [0.4, 0.5) is 5.69 Å². The Hall–Kier alpha value is -1.48. The molecule has 1 unspecified atom stereocenters. The lowest BCUT2D eigenvalue weighted by molar-refractivity contribution is -0.116. The summed E-state index contributed by atoms with van der Waals surface area (Å²) in [4.78, 5) is 18.4. The number of fused-ring (bicyclic) bond motifs is 1. The van der Waals surface area contributed by atoms with Crippen LogP contribution in [0, 0.1) is 0 Å². The molecular weight excluding hydrogens is 284 g/mol. The van der Waals surface area contributed by atoms with Gasteiger partial charge in [0.15, 0.2) is 0 Å². The van der Waals surface area contributed by atoms with Gasteiger partial charge in [0.1, 0.15) is 0 Å². The van der Waals surface area contributed by atoms with Crippen LogP contribution in [0.25, 0.3) is 0 Å². The van der Waals surface area contributed by atoms with Crippen molar-refractivity contribution in [2.75, 3.05) is 25.6 Å². The van der Waals surface area contributed by atoms with Crippen molar-refractivity contribution in [3.05, 3.63) is 23.8 Å². The average molecular weight is 300 g/mol. The Morgan fingerprint density at radius 1 is 1.35 bits per heavy atom. The first kappa shape index (κ1) is 14.9. The molecule has 1 aromatic carbocycles. The SMILES string of the molecule is COCCONS(=O)(=O)c1ccc2c(c1)C(C)C(=O)N2. The number of amides is 1. The van der Waals surface area contributed by atoms with E-state index in [0.29, 0.717) is 11.3 Å². The summed E-state index contributed by atoms with van der Waals surface area (Å²) in [5, 5.41) is 2.68. The predicted octanol–water partition coefficient (Wildman–Crippen LogP) is 0.598. The zero-order chi connectivity index (χ0) is 14.8. The van der Waals surface area contributed by atoms with E-state index in [1.54, 1.807) is 13.0 Å². The van der Waals surface area contributed by atoms with Gasteiger partial charge in [0.05, 0.1) is 24.0 Å². The Morgan fingerprint density at radius 2 is 2.10 bits per heavy atom. The summed E-state index contributed by atoms with van der Waals surface area (Å²) in [7, 11) is -2.28. The van der Waals surface area contributed by atoms with Crippen molar-refractivity contribution < 1.29 is 22.8 Å². The zero-order valence-electron chi connectivity index (χ0n) is 11.2. The molecular formula is C12H16N2O5S. The van der Waals surface area contributed by atoms with Crippen molar-refractivity contribution in [2.24, 2.45) is 0 Å². The maximum Gasteiger partial charge on any atom is 0.262 e. The lowest BCUT2D eigenvalue weighted by Crippen LogP contribution is -2.25. The van der Waals surface area contributed by atoms with Gasteiger partial charge >= 0.3 is 0 Å². The molecule has 1 heterocycles. The number of hydrogen-bond acceptors (Lipinski definition) is 5. The Kier molecular flexibility index (Phi) is 4.39. The lowest BCUT2D eigenvalue weighted by atomic mass is 10.0. The van der Waals surface area contributed by atoms with Gasteiger partial charge in [-0.1, -0.05) is 4.89 Å². The smallest absolute Gasteiger partial charge is 0.262 e. The molecule has 0 aliphatic carbocycles. The van der Waals surface area contributed by atoms with E-state index in [2.05, 4.69) is 5.32 Å². The summed E-state index contributed by atoms with van der Waals surface area (Å²) < 4.78 is 28.7. The molecule has 0 saturated heterocycles. The Bertz CT molecular complexity index is 614. The van der Waals surface area contributed by atoms with Crippen molar-refractivity contribution in [3.63, 3.8) is 0 Å². The molecule has 7 nitrogen and oxygen atoms in total. The first-order valence-electron chi connectivity index (χ1n) is 6.03. The standard InChI is InChI=1S/C12H16N2O5S/c1-8-10-7-9(3-4-11(10)13-12(8)15)20(16,17)14-19-6-5-18-2/h3-4,7-8,14H,5-6H2,1-2H3,(H,13,15). The topological polar surface area (TPSA) is 93.7 Å². The van der Waals surface area contributed by atoms with E-state index in [1.165, 1.54) is 19.2 Å². The number of benzene rings is 1. The van der Waals surface area contributed by atoms with Crippen LogP contribution in [0.15, 0.2) is 23.1 Å². The molecule has 1 aliphatic heterocycles. The molecule has 2 rings (SSSR count). The second-order valence-electron chi connectivity index (χ2n) is 4.39. The molecule has 0 fully saturated rings. The Labute approximate surface area is 117 Å². The van der Waals surface area contributed by atoms with E-state index < -0.39 is 10.0 Å². The minimum absolute atomic E-state index is 0.0528. The molecule has 2 N–H and O–H groups in total. The number of sulfonamides is 1. The largest absolute Gasteiger partial charge is 0.382 e. The van der Waals surface area contributed by atoms with Crippen LogP contribution >= 0.6 is 0 Å². The van der Waals surface area contributed by atoms with Gasteiger partial charge in [-0.25, -0.2) is 8.42 Å². The van der Waals surface area contributed by atoms with Crippen LogP contribution in [0.1, 0.15) is 18.4 Å². The molecule has 1 atom stereocenters. The summed E-state index contributed by atoms with van der Waals surface area (Å²) in [6.07, 6.45) is 0. The van der Waals surface area contributed by atoms with E-state index in [1.807, 2.05) is 4.89 Å². The fourth-order valence-electron chi connectivity index (χ4n) is 1.85. The fraction of sp³-hybridized carbons (Fsp3) is 0.417. The highest BCUT2D eigenvalue weighted by atomic mass is 32.2. The van der Waals surface area contributed by atoms with Crippen LogP contribution in [-0.2, 0) is 24.4 Å². The maximum atomic E-state index is 12.0. The van der Waals surface area contributed by atoms with Gasteiger partial charge in [-0.05, 0) is 30.7 Å². The van der Waals surface area contributed by atoms with E-state index in [4.69, 9.17) is 9.57 Å². The number of nitrogens with one attached hydrogen (secondary N) is 2. The van der Waals surface area contributed by atoms with Crippen LogP contribution in [-0.4, -0.2) is 34.6 Å². The molecule has 0 spiro atoms. The minimum Gasteiger partial charge on any atom is -0.382 e. The van der Waals surface area contributed by atoms with Crippen molar-refractivity contribution >= 4 is 21.6 Å². The summed E-state index contributed by atoms with van der Waals surface area (Å²) in [5.74, 6) is -0.506. The summed E-state index contributed by atoms with van der Waals surface area (Å²) in [6, 6.07) is 4.46. The molecule has 20 heavy (non-hydrogen) atoms. The van der Waals surface area contributed by atoms with Crippen LogP contribution in [0.5, 0.6) is 0 Å². The van der Waals surface area contributed by atoms with Gasteiger partial charge in [-0.2, -0.15) is 0 Å². The van der Waals surface area contributed by atoms with Gasteiger partial charge in [-0.15, -0.1) is 0 Å². The summed E-state index contributed by atoms with van der Waals surface area (Å²) >= 11 is 0. The third kappa shape index (κ3) is 2.98. The van der Waals surface area contributed by atoms with Crippen molar-refractivity contribution in [3.8, 4) is 0 Å². The normalized spacial score (nSPS) is 17.9. The molecule has 0 saturated carbocycles. The third-order valence-corrected chi connectivity index (χ3v) is 4.22. The van der Waals surface area contributed by atoms with Crippen LogP contribution < -0.4 is 10.2 Å². The third-order valence-electron chi connectivity index (χ3n) is 3.01. The average Bonchev–Trinajstić information content (AvgIpc) is 2.70. The Balaban J connectivity index is 2.16. The lowest BCUT2D eigenvalue weighted by Gasteiger charge is -2.09. The molecule has 0 radical (unpaired) electrons. The second-order valence-corrected chi connectivity index (χ2v) is 6.03. The summed E-state index contributed by atoms with van der Waals surface area (Å²) in [6.45, 7) is 2.11. The number of hydrogen-bond donors (Lipinski definition) is 2. The number of carbonyl (C=O) groups excluding carboxylic acids is 1. The van der Waals surface area contributed by atoms with E-state index in [-0.39, 0.29) is 29.9 Å². The van der Waals surface area contributed by atoms with Crippen LogP contribution in [0.3, 0.4) is 0 Å². The second kappa shape index (κ2) is 5.88. The van der Waals surface area contributed by atoms with Crippen molar-refractivity contribution in [1.82, 2.24) is 4.89 Å². The molecule has 110 valence electrons. The number of carbonyl (C=O) groups is 1. The number of rotatable bonds is 6. The number of anilines is 1. The fourth-order valence-corrected chi connectivity index (χ4v) is 2.72. The predicted molar refractivity (Wildman–Crippen MR) is 71.6 cm³/mol. The first-order valence-corrected chi connectivity index (χ1v) is 7.51. The molecule has 1 amide bonds. The highest BCUT2D eigenvalue weighted by molar-refractivity contribution is 7.89. The van der Waals surface area contributed by atoms with Gasteiger partial charge in [0.25, 0.3) is 10.0 Å². The van der Waals surface area contributed by atoms with Crippen molar-refractivity contribution in [1.29, 1.82) is 0 Å².